The van der Waals surface area contributed by atoms with Gasteiger partial charge in [0.15, 0.2) is 11.7 Å². The largest absolute Gasteiger partial charge is 0.497 e. The van der Waals surface area contributed by atoms with Gasteiger partial charge < -0.3 is 29.6 Å². The van der Waals surface area contributed by atoms with Gasteiger partial charge in [-0.1, -0.05) is 41.5 Å². The number of amides is 1. The second-order valence-corrected chi connectivity index (χ2v) is 15.4. The topological polar surface area (TPSA) is 169 Å². The Bertz CT molecular complexity index is 1630. The Kier molecular flexibility index (Phi) is 14.8. The fraction of sp³-hybridized carbons (Fsp3) is 0.641. The smallest absolute Gasteiger partial charge is 0.342 e. The van der Waals surface area contributed by atoms with Gasteiger partial charge in [0.2, 0.25) is 0 Å². The summed E-state index contributed by atoms with van der Waals surface area (Å²) in [6, 6.07) is 0. The Hall–Kier alpha value is -3.60. The average molecular weight is 773 g/mol. The minimum atomic E-state index is -0.833. The van der Waals surface area contributed by atoms with E-state index in [-0.39, 0.29) is 84.1 Å². The number of amidine groups is 1. The molecule has 2 N–H and O–H groups in total. The summed E-state index contributed by atoms with van der Waals surface area (Å²) in [4.78, 5) is 64.7. The van der Waals surface area contributed by atoms with Gasteiger partial charge >= 0.3 is 11.9 Å². The number of aliphatic hydroxyl groups excluding tert-OH is 1. The van der Waals surface area contributed by atoms with E-state index >= 15 is 0 Å². The summed E-state index contributed by atoms with van der Waals surface area (Å²) in [6.07, 6.45) is 6.24. The number of carbonyl (C=O) groups is 4. The molecule has 0 aromatic carbocycles. The molecule has 282 valence electrons. The van der Waals surface area contributed by atoms with E-state index < -0.39 is 17.9 Å². The summed E-state index contributed by atoms with van der Waals surface area (Å²) >= 11 is 0. The molecule has 13 heteroatoms. The van der Waals surface area contributed by atoms with Crippen LogP contribution >= 0.6 is 0 Å². The van der Waals surface area contributed by atoms with E-state index in [1.54, 1.807) is 24.8 Å². The summed E-state index contributed by atoms with van der Waals surface area (Å²) in [6.45, 7) is 19.5. The van der Waals surface area contributed by atoms with Crippen LogP contribution in [0.25, 0.3) is 6.08 Å². The number of rotatable bonds is 6. The first-order chi connectivity index (χ1) is 23.9. The van der Waals surface area contributed by atoms with E-state index in [1.165, 1.54) is 6.92 Å². The number of anilines is 1. The number of aliphatic carboxylic acids is 1. The van der Waals surface area contributed by atoms with Crippen LogP contribution in [-0.2, 0) is 43.3 Å². The van der Waals surface area contributed by atoms with Gasteiger partial charge in [-0.15, -0.1) is 0 Å². The van der Waals surface area contributed by atoms with Gasteiger partial charge in [-0.3, -0.25) is 9.59 Å². The van der Waals surface area contributed by atoms with Crippen molar-refractivity contribution in [2.24, 2.45) is 45.5 Å². The van der Waals surface area contributed by atoms with Crippen LogP contribution in [0.4, 0.5) is 5.82 Å². The summed E-state index contributed by atoms with van der Waals surface area (Å²) < 4.78 is 12.3. The molecule has 2 aliphatic carbocycles. The zero-order valence-electron chi connectivity index (χ0n) is 32.5. The number of aromatic nitrogens is 1. The molecule has 1 amide bonds. The number of ether oxygens (including phenoxy) is 2. The van der Waals surface area contributed by atoms with E-state index in [4.69, 9.17) is 24.4 Å². The van der Waals surface area contributed by atoms with Crippen molar-refractivity contribution in [3.63, 3.8) is 0 Å². The molecule has 2 aliphatic heterocycles. The second kappa shape index (κ2) is 18.0. The number of allylic oxidation sites excluding steroid dienone is 1. The minimum Gasteiger partial charge on any atom is -0.497 e. The van der Waals surface area contributed by atoms with Crippen LogP contribution in [-0.4, -0.2) is 64.5 Å². The van der Waals surface area contributed by atoms with Crippen molar-refractivity contribution in [3.05, 3.63) is 33.7 Å². The van der Waals surface area contributed by atoms with Gasteiger partial charge in [0.1, 0.15) is 23.7 Å². The molecule has 0 spiro atoms. The molecule has 4 aliphatic rings. The van der Waals surface area contributed by atoms with Crippen LogP contribution in [0.5, 0.6) is 0 Å². The van der Waals surface area contributed by atoms with Gasteiger partial charge in [-0.2, -0.15) is 4.99 Å². The Morgan fingerprint density at radius 3 is 1.79 bits per heavy atom. The normalized spacial score (nSPS) is 30.0. The Morgan fingerprint density at radius 2 is 1.35 bits per heavy atom. The molecule has 4 unspecified atom stereocenters. The molecule has 52 heavy (non-hydrogen) atoms. The van der Waals surface area contributed by atoms with Crippen LogP contribution in [0.15, 0.2) is 26.8 Å². The van der Waals surface area contributed by atoms with Gasteiger partial charge in [0, 0.05) is 39.7 Å². The number of carbonyl (C=O) groups excluding carboxylic acids is 3. The van der Waals surface area contributed by atoms with E-state index in [2.05, 4.69) is 51.5 Å². The monoisotopic (exact) mass is 771 g/mol. The molecule has 2 saturated carbocycles. The third-order valence-corrected chi connectivity index (χ3v) is 10.5. The molecule has 12 nitrogen and oxygen atoms in total. The number of hydrogen-bond acceptors (Lipinski definition) is 8. The third kappa shape index (κ3) is 9.88. The first-order valence-corrected chi connectivity index (χ1v) is 18.2. The van der Waals surface area contributed by atoms with Crippen LogP contribution in [0.2, 0.25) is 0 Å². The van der Waals surface area contributed by atoms with E-state index in [0.717, 1.165) is 32.6 Å². The number of aliphatic hydroxyl groups is 1. The number of carboxylic acid groups (broad SMARTS) is 1. The summed E-state index contributed by atoms with van der Waals surface area (Å²) in [7, 11) is 0. The van der Waals surface area contributed by atoms with Crippen LogP contribution in [0.1, 0.15) is 122 Å². The van der Waals surface area contributed by atoms with Crippen molar-refractivity contribution in [1.29, 1.82) is 0 Å². The Labute approximate surface area is 320 Å². The van der Waals surface area contributed by atoms with Crippen LogP contribution < -0.4 is 9.88 Å². The van der Waals surface area contributed by atoms with Gasteiger partial charge in [0.05, 0.1) is 11.3 Å². The van der Waals surface area contributed by atoms with Gasteiger partial charge in [0.25, 0.3) is 5.97 Å². The number of nitrogens with zero attached hydrogens (tertiary/aromatic N) is 4. The fourth-order valence-corrected chi connectivity index (χ4v) is 8.52. The quantitative estimate of drug-likeness (QED) is 0.133. The van der Waals surface area contributed by atoms with E-state index in [1.807, 2.05) is 0 Å². The van der Waals surface area contributed by atoms with Crippen molar-refractivity contribution in [2.45, 2.75) is 120 Å². The van der Waals surface area contributed by atoms with Crippen molar-refractivity contribution < 1.29 is 58.3 Å². The summed E-state index contributed by atoms with van der Waals surface area (Å²) in [5.41, 5.74) is 2.44. The predicted octanol–water partition coefficient (Wildman–Crippen LogP) is 7.05. The molecular weight excluding hydrogens is 718 g/mol. The van der Waals surface area contributed by atoms with Crippen molar-refractivity contribution >= 4 is 47.4 Å². The molecule has 3 heterocycles. The van der Waals surface area contributed by atoms with Crippen molar-refractivity contribution in [1.82, 2.24) is 4.98 Å². The Morgan fingerprint density at radius 1 is 0.865 bits per heavy atom. The predicted molar refractivity (Wildman–Crippen MR) is 196 cm³/mol. The molecular formula is C39H55N4O8Zn-. The van der Waals surface area contributed by atoms with Crippen molar-refractivity contribution in [3.8, 4) is 0 Å². The zero-order chi connectivity index (χ0) is 37.9. The first-order valence-electron chi connectivity index (χ1n) is 18.2. The zero-order valence-corrected chi connectivity index (χ0v) is 35.5. The molecule has 5 rings (SSSR count). The average Bonchev–Trinajstić information content (AvgIpc) is 3.66. The number of carboxylic acids is 1. The Balaban J connectivity index is 0.00000139. The maximum atomic E-state index is 13.9. The van der Waals surface area contributed by atoms with Gasteiger partial charge in [-0.05, 0) is 117 Å². The fourth-order valence-electron chi connectivity index (χ4n) is 8.52. The third-order valence-electron chi connectivity index (χ3n) is 10.5. The van der Waals surface area contributed by atoms with Gasteiger partial charge in [-0.25, -0.2) is 14.6 Å². The maximum Gasteiger partial charge on any atom is 0.342 e. The van der Waals surface area contributed by atoms with E-state index in [0.29, 0.717) is 59.6 Å². The molecule has 4 atom stereocenters. The summed E-state index contributed by atoms with van der Waals surface area (Å²) in [5, 5.41) is 17.5. The standard InChI is InChI=1S/C37H52N4O6.C2H4O2.Zn/c1-18-13-20(3)32(21(4)14-18)46-36(44)30-24(7)27(39-34(30)38-26(9)42)17-28-25(8)31(35(40-28)41-12-10-11-29(41)43)37(45)47-33-22(5)15-19(2)16-23(33)6;1-2(3)4;/h17-23,32-33H,10-16H2,1-9H3,(H2,38,39,40,42,44,45);1H3,(H,3,4);/p-1. The summed E-state index contributed by atoms with van der Waals surface area (Å²) in [5.74, 6) is 0.195. The van der Waals surface area contributed by atoms with Crippen molar-refractivity contribution in [2.75, 3.05) is 11.4 Å². The molecule has 1 aromatic heterocycles. The number of aliphatic imine (C=N–C) groups is 2. The van der Waals surface area contributed by atoms with Crippen LogP contribution in [0, 0.1) is 42.4 Å². The maximum absolute atomic E-state index is 13.9. The second-order valence-electron chi connectivity index (χ2n) is 15.4. The first kappa shape index (κ1) is 42.8. The molecule has 1 saturated heterocycles. The molecule has 0 bridgehead atoms. The molecule has 3 fully saturated rings. The number of esters is 2. The SMILES string of the molecule is CC(=O)O.CC(O)=NC1=N/C(=C\c2[n-]c(N3CCCC3=O)c(C(=O)OC3C(C)CC(C)CC3C)c2C)C(C)=C1C(=O)OC1C(C)CC(C)CC1C.[Zn]. The minimum absolute atomic E-state index is 0. The molecule has 1 aromatic rings. The number of hydrogen-bond donors (Lipinski definition) is 2. The molecule has 0 radical (unpaired) electrons. The van der Waals surface area contributed by atoms with E-state index in [9.17, 15) is 19.5 Å². The van der Waals surface area contributed by atoms with Crippen LogP contribution in [0.3, 0.4) is 0 Å².